The summed E-state index contributed by atoms with van der Waals surface area (Å²) in [5, 5.41) is 6.46. The summed E-state index contributed by atoms with van der Waals surface area (Å²) in [7, 11) is 0. The maximum absolute atomic E-state index is 12.1. The molecule has 2 aliphatic rings. The van der Waals surface area contributed by atoms with Gasteiger partial charge >= 0.3 is 0 Å². The highest BCUT2D eigenvalue weighted by molar-refractivity contribution is 5.85. The van der Waals surface area contributed by atoms with E-state index < -0.39 is 0 Å². The molecule has 2 fully saturated rings. The predicted molar refractivity (Wildman–Crippen MR) is 121 cm³/mol. The number of amides is 1. The number of nitrogens with zero attached hydrogens (tertiary/aromatic N) is 1. The number of nitrogens with one attached hydrogen (secondary N) is 2. The summed E-state index contributed by atoms with van der Waals surface area (Å²) in [4.78, 5) is 14.6. The van der Waals surface area contributed by atoms with Gasteiger partial charge in [0.05, 0.1) is 0 Å². The van der Waals surface area contributed by atoms with E-state index in [4.69, 9.17) is 0 Å². The number of hydrogen-bond donors (Lipinski definition) is 2. The molecule has 0 aromatic heterocycles. The molecule has 2 aliphatic heterocycles. The molecule has 3 rings (SSSR count). The fourth-order valence-electron chi connectivity index (χ4n) is 4.25. The van der Waals surface area contributed by atoms with Crippen molar-refractivity contribution in [2.45, 2.75) is 58.5 Å². The summed E-state index contributed by atoms with van der Waals surface area (Å²) in [5.74, 6) is 1.73. The standard InChI is InChI=1S/C22H35N3O.2ClH/c1-18-3-2-14-25(16-18)17-21-6-4-20(5-7-21)15-24-22(26)9-8-19-10-12-23-13-11-19;;/h4-7,18-19,23H,2-3,8-17H2,1H3,(H,24,26);2*1H. The Morgan fingerprint density at radius 3 is 2.46 bits per heavy atom. The number of rotatable bonds is 7. The van der Waals surface area contributed by atoms with Crippen molar-refractivity contribution in [2.24, 2.45) is 11.8 Å². The first kappa shape index (κ1) is 25.2. The topological polar surface area (TPSA) is 44.4 Å². The van der Waals surface area contributed by atoms with Crippen molar-refractivity contribution in [2.75, 3.05) is 26.2 Å². The molecule has 1 atom stereocenters. The van der Waals surface area contributed by atoms with Gasteiger partial charge in [-0.05, 0) is 74.7 Å². The van der Waals surface area contributed by atoms with Crippen LogP contribution in [0.4, 0.5) is 0 Å². The minimum Gasteiger partial charge on any atom is -0.352 e. The van der Waals surface area contributed by atoms with Crippen LogP contribution < -0.4 is 10.6 Å². The van der Waals surface area contributed by atoms with Crippen LogP contribution in [0, 0.1) is 11.8 Å². The first-order valence-corrected chi connectivity index (χ1v) is 10.5. The molecule has 0 bridgehead atoms. The van der Waals surface area contributed by atoms with Crippen LogP contribution in [0.25, 0.3) is 0 Å². The molecule has 4 nitrogen and oxygen atoms in total. The molecule has 0 aliphatic carbocycles. The molecule has 1 amide bonds. The second kappa shape index (κ2) is 13.4. The Balaban J connectivity index is 0.00000196. The van der Waals surface area contributed by atoms with Crippen molar-refractivity contribution in [3.05, 3.63) is 35.4 Å². The van der Waals surface area contributed by atoms with Gasteiger partial charge in [0.25, 0.3) is 0 Å². The first-order valence-electron chi connectivity index (χ1n) is 10.5. The van der Waals surface area contributed by atoms with Crippen molar-refractivity contribution < 1.29 is 4.79 Å². The van der Waals surface area contributed by atoms with Crippen molar-refractivity contribution in [3.63, 3.8) is 0 Å². The van der Waals surface area contributed by atoms with Gasteiger partial charge in [-0.25, -0.2) is 0 Å². The number of halogens is 2. The molecule has 2 heterocycles. The Hall–Kier alpha value is -0.810. The first-order chi connectivity index (χ1) is 12.7. The molecule has 0 spiro atoms. The highest BCUT2D eigenvalue weighted by Crippen LogP contribution is 2.19. The summed E-state index contributed by atoms with van der Waals surface area (Å²) in [5.41, 5.74) is 2.57. The Labute approximate surface area is 183 Å². The van der Waals surface area contributed by atoms with Gasteiger partial charge in [-0.2, -0.15) is 0 Å². The van der Waals surface area contributed by atoms with Gasteiger partial charge in [0.2, 0.25) is 5.91 Å². The minimum atomic E-state index is 0. The third-order valence-corrected chi connectivity index (χ3v) is 5.90. The number of likely N-dealkylation sites (tertiary alicyclic amines) is 1. The van der Waals surface area contributed by atoms with E-state index in [9.17, 15) is 4.79 Å². The van der Waals surface area contributed by atoms with Crippen molar-refractivity contribution in [1.82, 2.24) is 15.5 Å². The van der Waals surface area contributed by atoms with Gasteiger partial charge in [-0.3, -0.25) is 9.69 Å². The molecule has 0 saturated carbocycles. The zero-order valence-corrected chi connectivity index (χ0v) is 18.8. The smallest absolute Gasteiger partial charge is 0.220 e. The van der Waals surface area contributed by atoms with Gasteiger partial charge in [0.1, 0.15) is 0 Å². The van der Waals surface area contributed by atoms with E-state index in [2.05, 4.69) is 46.7 Å². The van der Waals surface area contributed by atoms with E-state index in [1.54, 1.807) is 0 Å². The van der Waals surface area contributed by atoms with Crippen LogP contribution in [0.3, 0.4) is 0 Å². The summed E-state index contributed by atoms with van der Waals surface area (Å²) in [6.45, 7) is 8.69. The lowest BCUT2D eigenvalue weighted by Crippen LogP contribution is -2.33. The lowest BCUT2D eigenvalue weighted by molar-refractivity contribution is -0.121. The fourth-order valence-corrected chi connectivity index (χ4v) is 4.25. The largest absolute Gasteiger partial charge is 0.352 e. The van der Waals surface area contributed by atoms with Crippen LogP contribution in [-0.4, -0.2) is 37.0 Å². The van der Waals surface area contributed by atoms with Gasteiger partial charge in [0.15, 0.2) is 0 Å². The Morgan fingerprint density at radius 2 is 1.79 bits per heavy atom. The van der Waals surface area contributed by atoms with Gasteiger partial charge in [0, 0.05) is 26.1 Å². The third kappa shape index (κ3) is 8.69. The van der Waals surface area contributed by atoms with E-state index in [0.29, 0.717) is 13.0 Å². The van der Waals surface area contributed by atoms with Crippen molar-refractivity contribution in [3.8, 4) is 0 Å². The van der Waals surface area contributed by atoms with Gasteiger partial charge < -0.3 is 10.6 Å². The molecule has 6 heteroatoms. The number of piperidine rings is 2. The molecular formula is C22H37Cl2N3O. The Kier molecular flexibility index (Phi) is 12.1. The summed E-state index contributed by atoms with van der Waals surface area (Å²) in [6.07, 6.45) is 6.81. The van der Waals surface area contributed by atoms with E-state index >= 15 is 0 Å². The van der Waals surface area contributed by atoms with Crippen LogP contribution in [0.2, 0.25) is 0 Å². The average molecular weight is 430 g/mol. The molecule has 2 saturated heterocycles. The SMILES string of the molecule is CC1CCCN(Cc2ccc(CNC(=O)CCC3CCNCC3)cc2)C1.Cl.Cl. The molecule has 160 valence electrons. The van der Waals surface area contributed by atoms with Crippen molar-refractivity contribution in [1.29, 1.82) is 0 Å². The Morgan fingerprint density at radius 1 is 1.11 bits per heavy atom. The number of carbonyl (C=O) groups is 1. The fraction of sp³-hybridized carbons (Fsp3) is 0.682. The zero-order chi connectivity index (χ0) is 18.2. The summed E-state index contributed by atoms with van der Waals surface area (Å²) < 4.78 is 0. The Bertz CT molecular complexity index is 561. The van der Waals surface area contributed by atoms with Crippen LogP contribution in [0.1, 0.15) is 56.6 Å². The second-order valence-electron chi connectivity index (χ2n) is 8.31. The zero-order valence-electron chi connectivity index (χ0n) is 17.1. The molecule has 28 heavy (non-hydrogen) atoms. The highest BCUT2D eigenvalue weighted by Gasteiger charge is 2.16. The molecule has 1 aromatic rings. The van der Waals surface area contributed by atoms with E-state index in [-0.39, 0.29) is 30.7 Å². The van der Waals surface area contributed by atoms with Gasteiger partial charge in [-0.1, -0.05) is 31.2 Å². The van der Waals surface area contributed by atoms with Crippen LogP contribution in [-0.2, 0) is 17.9 Å². The van der Waals surface area contributed by atoms with E-state index in [1.165, 1.54) is 49.9 Å². The minimum absolute atomic E-state index is 0. The predicted octanol–water partition coefficient (Wildman–Crippen LogP) is 4.16. The van der Waals surface area contributed by atoms with Crippen molar-refractivity contribution >= 4 is 30.7 Å². The average Bonchev–Trinajstić information content (AvgIpc) is 2.67. The van der Waals surface area contributed by atoms with Crippen LogP contribution >= 0.6 is 24.8 Å². The monoisotopic (exact) mass is 429 g/mol. The molecule has 1 unspecified atom stereocenters. The lowest BCUT2D eigenvalue weighted by atomic mass is 9.93. The maximum atomic E-state index is 12.1. The summed E-state index contributed by atoms with van der Waals surface area (Å²) >= 11 is 0. The van der Waals surface area contributed by atoms with Crippen LogP contribution in [0.15, 0.2) is 24.3 Å². The number of hydrogen-bond acceptors (Lipinski definition) is 3. The summed E-state index contributed by atoms with van der Waals surface area (Å²) in [6, 6.07) is 8.76. The quantitative estimate of drug-likeness (QED) is 0.683. The molecular weight excluding hydrogens is 393 g/mol. The number of carbonyl (C=O) groups excluding carboxylic acids is 1. The molecule has 2 N–H and O–H groups in total. The van der Waals surface area contributed by atoms with E-state index in [1.807, 2.05) is 0 Å². The van der Waals surface area contributed by atoms with Gasteiger partial charge in [-0.15, -0.1) is 24.8 Å². The van der Waals surface area contributed by atoms with E-state index in [0.717, 1.165) is 37.9 Å². The maximum Gasteiger partial charge on any atom is 0.220 e. The second-order valence-corrected chi connectivity index (χ2v) is 8.31. The normalized spacial score (nSPS) is 20.7. The lowest BCUT2D eigenvalue weighted by Gasteiger charge is -2.30. The molecule has 0 radical (unpaired) electrons. The third-order valence-electron chi connectivity index (χ3n) is 5.90. The highest BCUT2D eigenvalue weighted by atomic mass is 35.5. The molecule has 1 aromatic carbocycles. The van der Waals surface area contributed by atoms with Crippen LogP contribution in [0.5, 0.6) is 0 Å². The number of benzene rings is 1.